The molecule has 1 N–H and O–H groups in total. The number of ether oxygens (including phenoxy) is 1. The molecule has 0 spiro atoms. The molecule has 0 atom stereocenters. The van der Waals surface area contributed by atoms with Gasteiger partial charge in [-0.1, -0.05) is 67.9 Å². The van der Waals surface area contributed by atoms with Gasteiger partial charge in [0.25, 0.3) is 6.01 Å². The summed E-state index contributed by atoms with van der Waals surface area (Å²) in [5.41, 5.74) is 2.84. The third kappa shape index (κ3) is 3.34. The molecule has 0 bridgehead atoms. The second-order valence-electron chi connectivity index (χ2n) is 7.91. The SMILES string of the molecule is CCC1CC(Oc2nc3c(F)c(-c4ccc(-c5ccccc5)cc4)c(F)cc3[nH]2)C1. The minimum absolute atomic E-state index is 0.0742. The maximum absolute atomic E-state index is 15.2. The van der Waals surface area contributed by atoms with Gasteiger partial charge in [-0.05, 0) is 35.4 Å². The largest absolute Gasteiger partial charge is 0.461 e. The lowest BCUT2D eigenvalue weighted by molar-refractivity contribution is 0.0559. The molecular formula is C25H22F2N2O. The number of hydrogen-bond acceptors (Lipinski definition) is 2. The highest BCUT2D eigenvalue weighted by atomic mass is 19.1. The van der Waals surface area contributed by atoms with Crippen molar-refractivity contribution in [1.29, 1.82) is 0 Å². The fourth-order valence-electron chi connectivity index (χ4n) is 4.10. The summed E-state index contributed by atoms with van der Waals surface area (Å²) in [6.07, 6.45) is 3.17. The monoisotopic (exact) mass is 404 g/mol. The molecule has 5 rings (SSSR count). The van der Waals surface area contributed by atoms with Crippen LogP contribution in [0.2, 0.25) is 0 Å². The third-order valence-electron chi connectivity index (χ3n) is 5.98. The van der Waals surface area contributed by atoms with Crippen molar-refractivity contribution >= 4 is 11.0 Å². The lowest BCUT2D eigenvalue weighted by Crippen LogP contribution is -2.33. The zero-order chi connectivity index (χ0) is 20.7. The van der Waals surface area contributed by atoms with Crippen LogP contribution in [0.1, 0.15) is 26.2 Å². The van der Waals surface area contributed by atoms with Gasteiger partial charge < -0.3 is 9.72 Å². The number of nitrogens with zero attached hydrogens (tertiary/aromatic N) is 1. The maximum Gasteiger partial charge on any atom is 0.294 e. The van der Waals surface area contributed by atoms with Crippen molar-refractivity contribution in [2.75, 3.05) is 0 Å². The van der Waals surface area contributed by atoms with Crippen molar-refractivity contribution in [3.63, 3.8) is 0 Å². The number of benzene rings is 3. The van der Waals surface area contributed by atoms with E-state index in [0.29, 0.717) is 17.0 Å². The Morgan fingerprint density at radius 3 is 2.33 bits per heavy atom. The van der Waals surface area contributed by atoms with Crippen LogP contribution in [0.3, 0.4) is 0 Å². The molecule has 30 heavy (non-hydrogen) atoms. The molecular weight excluding hydrogens is 382 g/mol. The van der Waals surface area contributed by atoms with Crippen molar-refractivity contribution < 1.29 is 13.5 Å². The highest BCUT2D eigenvalue weighted by Gasteiger charge is 2.30. The summed E-state index contributed by atoms with van der Waals surface area (Å²) < 4.78 is 35.8. The van der Waals surface area contributed by atoms with E-state index in [2.05, 4.69) is 16.9 Å². The Morgan fingerprint density at radius 2 is 1.63 bits per heavy atom. The van der Waals surface area contributed by atoms with Gasteiger partial charge in [-0.25, -0.2) is 8.78 Å². The average molecular weight is 404 g/mol. The number of H-pyrrole nitrogens is 1. The van der Waals surface area contributed by atoms with Crippen molar-refractivity contribution in [2.24, 2.45) is 5.92 Å². The first-order valence-electron chi connectivity index (χ1n) is 10.3. The van der Waals surface area contributed by atoms with Crippen LogP contribution in [0.25, 0.3) is 33.3 Å². The zero-order valence-electron chi connectivity index (χ0n) is 16.7. The minimum Gasteiger partial charge on any atom is -0.461 e. The van der Waals surface area contributed by atoms with Crippen LogP contribution >= 0.6 is 0 Å². The van der Waals surface area contributed by atoms with E-state index in [4.69, 9.17) is 4.74 Å². The summed E-state index contributed by atoms with van der Waals surface area (Å²) in [7, 11) is 0. The number of hydrogen-bond donors (Lipinski definition) is 1. The summed E-state index contributed by atoms with van der Waals surface area (Å²) in [5, 5.41) is 0. The summed E-state index contributed by atoms with van der Waals surface area (Å²) in [5.74, 6) is -0.625. The van der Waals surface area contributed by atoms with E-state index in [-0.39, 0.29) is 23.2 Å². The Bertz CT molecular complexity index is 1180. The standard InChI is InChI=1S/C25H22F2N2O/c1-2-15-12-19(13-15)30-25-28-21-14-20(26)22(23(27)24(21)29-25)18-10-8-17(9-11-18)16-6-4-3-5-7-16/h3-11,14-15,19H,2,12-13H2,1H3,(H,28,29). The van der Waals surface area contributed by atoms with Crippen molar-refractivity contribution in [3.8, 4) is 28.3 Å². The number of aromatic amines is 1. The molecule has 0 aliphatic heterocycles. The zero-order valence-corrected chi connectivity index (χ0v) is 16.7. The van der Waals surface area contributed by atoms with Gasteiger partial charge >= 0.3 is 0 Å². The molecule has 1 aliphatic rings. The predicted molar refractivity (Wildman–Crippen MR) is 114 cm³/mol. The lowest BCUT2D eigenvalue weighted by Gasteiger charge is -2.33. The molecule has 0 amide bonds. The Labute approximate surface area is 173 Å². The molecule has 1 aliphatic carbocycles. The number of imidazole rings is 1. The number of fused-ring (bicyclic) bond motifs is 1. The molecule has 1 fully saturated rings. The van der Waals surface area contributed by atoms with Gasteiger partial charge in [0.2, 0.25) is 0 Å². The van der Waals surface area contributed by atoms with Gasteiger partial charge in [0.15, 0.2) is 5.82 Å². The van der Waals surface area contributed by atoms with E-state index >= 15 is 4.39 Å². The molecule has 1 aromatic heterocycles. The number of nitrogens with one attached hydrogen (secondary N) is 1. The summed E-state index contributed by atoms with van der Waals surface area (Å²) in [6.45, 7) is 2.16. The van der Waals surface area contributed by atoms with E-state index in [0.717, 1.165) is 30.4 Å². The lowest BCUT2D eigenvalue weighted by atomic mass is 9.81. The van der Waals surface area contributed by atoms with Gasteiger partial charge in [0.05, 0.1) is 11.1 Å². The maximum atomic E-state index is 15.2. The average Bonchev–Trinajstić information content (AvgIpc) is 3.14. The van der Waals surface area contributed by atoms with Crippen molar-refractivity contribution in [2.45, 2.75) is 32.3 Å². The fraction of sp³-hybridized carbons (Fsp3) is 0.240. The first kappa shape index (κ1) is 18.8. The molecule has 3 nitrogen and oxygen atoms in total. The third-order valence-corrected chi connectivity index (χ3v) is 5.98. The smallest absolute Gasteiger partial charge is 0.294 e. The van der Waals surface area contributed by atoms with Crippen LogP contribution in [0, 0.1) is 17.6 Å². The molecule has 5 heteroatoms. The Balaban J connectivity index is 1.45. The molecule has 0 unspecified atom stereocenters. The van der Waals surface area contributed by atoms with Gasteiger partial charge in [-0.15, -0.1) is 0 Å². The topological polar surface area (TPSA) is 37.9 Å². The van der Waals surface area contributed by atoms with Crippen molar-refractivity contribution in [1.82, 2.24) is 9.97 Å². The quantitative estimate of drug-likeness (QED) is 0.400. The van der Waals surface area contributed by atoms with E-state index in [1.165, 1.54) is 6.07 Å². The van der Waals surface area contributed by atoms with Gasteiger partial charge in [-0.3, -0.25) is 0 Å². The first-order valence-corrected chi connectivity index (χ1v) is 10.3. The predicted octanol–water partition coefficient (Wildman–Crippen LogP) is 6.74. The Hall–Kier alpha value is -3.21. The number of aromatic nitrogens is 2. The molecule has 152 valence electrons. The van der Waals surface area contributed by atoms with Crippen LogP contribution in [-0.4, -0.2) is 16.1 Å². The van der Waals surface area contributed by atoms with E-state index in [1.54, 1.807) is 12.1 Å². The van der Waals surface area contributed by atoms with E-state index in [9.17, 15) is 4.39 Å². The number of halogens is 2. The second-order valence-corrected chi connectivity index (χ2v) is 7.91. The van der Waals surface area contributed by atoms with E-state index in [1.807, 2.05) is 42.5 Å². The molecule has 4 aromatic rings. The minimum atomic E-state index is -0.677. The highest BCUT2D eigenvalue weighted by molar-refractivity contribution is 5.84. The fourth-order valence-corrected chi connectivity index (χ4v) is 4.10. The van der Waals surface area contributed by atoms with Gasteiger partial charge in [-0.2, -0.15) is 4.98 Å². The first-order chi connectivity index (χ1) is 14.6. The second kappa shape index (κ2) is 7.56. The Morgan fingerprint density at radius 1 is 0.967 bits per heavy atom. The number of rotatable bonds is 5. The normalized spacial score (nSPS) is 18.4. The highest BCUT2D eigenvalue weighted by Crippen LogP contribution is 2.35. The molecule has 3 aromatic carbocycles. The van der Waals surface area contributed by atoms with Gasteiger partial charge in [0.1, 0.15) is 17.4 Å². The van der Waals surface area contributed by atoms with Gasteiger partial charge in [0, 0.05) is 6.07 Å². The van der Waals surface area contributed by atoms with Crippen LogP contribution in [0.5, 0.6) is 6.01 Å². The van der Waals surface area contributed by atoms with Crippen molar-refractivity contribution in [3.05, 3.63) is 72.3 Å². The summed E-state index contributed by atoms with van der Waals surface area (Å²) in [4.78, 5) is 7.16. The molecule has 1 heterocycles. The Kier molecular flexibility index (Phi) is 4.74. The van der Waals surface area contributed by atoms with Crippen LogP contribution in [-0.2, 0) is 0 Å². The molecule has 1 saturated carbocycles. The van der Waals surface area contributed by atoms with Crippen LogP contribution < -0.4 is 4.74 Å². The molecule has 0 saturated heterocycles. The van der Waals surface area contributed by atoms with Crippen LogP contribution in [0.15, 0.2) is 60.7 Å². The summed E-state index contributed by atoms with van der Waals surface area (Å²) >= 11 is 0. The summed E-state index contributed by atoms with van der Waals surface area (Å²) in [6, 6.07) is 18.6. The van der Waals surface area contributed by atoms with E-state index < -0.39 is 11.6 Å². The van der Waals surface area contributed by atoms with Crippen LogP contribution in [0.4, 0.5) is 8.78 Å². The molecule has 0 radical (unpaired) electrons.